The van der Waals surface area contributed by atoms with Crippen LogP contribution >= 0.6 is 0 Å². The smallest absolute Gasteiger partial charge is 0.344 e. The number of piperazine rings is 1. The third-order valence-corrected chi connectivity index (χ3v) is 10.7. The average molecular weight is 629 g/mol. The number of fused-ring (bicyclic) bond motifs is 1. The van der Waals surface area contributed by atoms with Crippen molar-refractivity contribution < 1.29 is 17.9 Å². The predicted molar refractivity (Wildman–Crippen MR) is 170 cm³/mol. The highest BCUT2D eigenvalue weighted by molar-refractivity contribution is 7.90. The first-order valence-corrected chi connectivity index (χ1v) is 16.6. The number of methoxy groups -OCH3 is 1. The standard InChI is InChI=1S/C33H36N6O5S/c1-3-35-17-19-36(20-18-35)26-15-16-37(23-26)32(40)31(25-7-5-4-6-8-25)38-30-21-24(22-34)9-14-29(30)39(33(38)41)45(42,43)28-12-10-27(44-2)11-13-28/h4-14,21,26,31H,3,15-20,23H2,1-2H3/t26-,31?/m1/s1. The second-order valence-corrected chi connectivity index (χ2v) is 13.2. The van der Waals surface area contributed by atoms with E-state index >= 15 is 0 Å². The third-order valence-electron chi connectivity index (χ3n) is 9.01. The lowest BCUT2D eigenvalue weighted by Gasteiger charge is -2.37. The molecule has 3 aromatic carbocycles. The van der Waals surface area contributed by atoms with Gasteiger partial charge in [-0.05, 0) is 61.0 Å². The first kappa shape index (κ1) is 30.6. The molecule has 0 N–H and O–H groups in total. The summed E-state index contributed by atoms with van der Waals surface area (Å²) < 4.78 is 35.2. The molecule has 1 unspecified atom stereocenters. The Hall–Kier alpha value is -4.44. The highest BCUT2D eigenvalue weighted by Crippen LogP contribution is 2.30. The number of carbonyl (C=O) groups excluding carboxylic acids is 1. The number of hydrogen-bond acceptors (Lipinski definition) is 8. The van der Waals surface area contributed by atoms with E-state index in [2.05, 4.69) is 22.8 Å². The van der Waals surface area contributed by atoms with Gasteiger partial charge in [0.05, 0.1) is 34.7 Å². The molecule has 1 aromatic heterocycles. The molecule has 1 amide bonds. The molecule has 2 saturated heterocycles. The first-order valence-electron chi connectivity index (χ1n) is 15.1. The van der Waals surface area contributed by atoms with Crippen molar-refractivity contribution in [3.63, 3.8) is 0 Å². The molecule has 2 aliphatic rings. The summed E-state index contributed by atoms with van der Waals surface area (Å²) in [5.41, 5.74) is 0.167. The summed E-state index contributed by atoms with van der Waals surface area (Å²) >= 11 is 0. The van der Waals surface area contributed by atoms with Crippen molar-refractivity contribution in [2.45, 2.75) is 30.3 Å². The molecule has 2 atom stereocenters. The van der Waals surface area contributed by atoms with Crippen LogP contribution in [0.1, 0.15) is 30.5 Å². The Morgan fingerprint density at radius 2 is 1.69 bits per heavy atom. The minimum atomic E-state index is -4.40. The van der Waals surface area contributed by atoms with Gasteiger partial charge >= 0.3 is 5.69 Å². The normalized spacial score (nSPS) is 18.6. The number of likely N-dealkylation sites (N-methyl/N-ethyl adjacent to an activating group) is 1. The molecule has 11 nitrogen and oxygen atoms in total. The van der Waals surface area contributed by atoms with E-state index in [4.69, 9.17) is 4.74 Å². The van der Waals surface area contributed by atoms with Gasteiger partial charge in [0.15, 0.2) is 0 Å². The summed E-state index contributed by atoms with van der Waals surface area (Å²) in [5, 5.41) is 9.72. The Balaban J connectivity index is 1.45. The van der Waals surface area contributed by atoms with E-state index in [1.54, 1.807) is 29.2 Å². The highest BCUT2D eigenvalue weighted by atomic mass is 32.2. The van der Waals surface area contributed by atoms with Crippen molar-refractivity contribution in [1.82, 2.24) is 23.2 Å². The van der Waals surface area contributed by atoms with Gasteiger partial charge in [0.1, 0.15) is 11.8 Å². The SMILES string of the molecule is CCN1CCN([C@@H]2CCN(C(=O)C(c3ccccc3)n3c(=O)n(S(=O)(=O)c4ccc(OC)cc4)c4ccc(C#N)cc43)C2)CC1. The van der Waals surface area contributed by atoms with Gasteiger partial charge in [0.25, 0.3) is 15.9 Å². The number of aromatic nitrogens is 2. The van der Waals surface area contributed by atoms with Crippen LogP contribution in [0.3, 0.4) is 0 Å². The maximum Gasteiger partial charge on any atom is 0.344 e. The number of rotatable bonds is 8. The van der Waals surface area contributed by atoms with Gasteiger partial charge in [-0.15, -0.1) is 0 Å². The zero-order valence-corrected chi connectivity index (χ0v) is 26.2. The molecule has 2 fully saturated rings. The van der Waals surface area contributed by atoms with Crippen molar-refractivity contribution in [2.75, 3.05) is 52.9 Å². The zero-order valence-electron chi connectivity index (χ0n) is 25.4. The van der Waals surface area contributed by atoms with Gasteiger partial charge < -0.3 is 14.5 Å². The van der Waals surface area contributed by atoms with Crippen LogP contribution in [-0.4, -0.2) is 96.5 Å². The molecule has 3 heterocycles. The van der Waals surface area contributed by atoms with E-state index < -0.39 is 21.8 Å². The second kappa shape index (κ2) is 12.5. The number of carbonyl (C=O) groups is 1. The fourth-order valence-electron chi connectivity index (χ4n) is 6.49. The highest BCUT2D eigenvalue weighted by Gasteiger charge is 2.38. The summed E-state index contributed by atoms with van der Waals surface area (Å²) in [6.45, 7) is 8.10. The lowest BCUT2D eigenvalue weighted by atomic mass is 10.0. The minimum Gasteiger partial charge on any atom is -0.497 e. The molecule has 6 rings (SSSR count). The van der Waals surface area contributed by atoms with Crippen LogP contribution in [0, 0.1) is 11.3 Å². The maximum atomic E-state index is 14.5. The minimum absolute atomic E-state index is 0.0802. The van der Waals surface area contributed by atoms with E-state index in [9.17, 15) is 23.3 Å². The van der Waals surface area contributed by atoms with Gasteiger partial charge in [-0.25, -0.2) is 13.2 Å². The number of benzene rings is 3. The molecule has 2 aliphatic heterocycles. The van der Waals surface area contributed by atoms with Gasteiger partial charge in [-0.2, -0.15) is 9.23 Å². The molecule has 0 saturated carbocycles. The number of ether oxygens (including phenoxy) is 1. The predicted octanol–water partition coefficient (Wildman–Crippen LogP) is 2.75. The zero-order chi connectivity index (χ0) is 31.7. The number of amides is 1. The summed E-state index contributed by atoms with van der Waals surface area (Å²) in [6, 6.07) is 20.2. The van der Waals surface area contributed by atoms with Gasteiger partial charge in [-0.1, -0.05) is 37.3 Å². The number of nitrogens with zero attached hydrogens (tertiary/aromatic N) is 6. The van der Waals surface area contributed by atoms with Crippen LogP contribution < -0.4 is 10.4 Å². The molecule has 0 radical (unpaired) electrons. The van der Waals surface area contributed by atoms with Crippen LogP contribution in [-0.2, 0) is 14.8 Å². The summed E-state index contributed by atoms with van der Waals surface area (Å²) in [7, 11) is -2.92. The number of imidazole rings is 1. The van der Waals surface area contributed by atoms with E-state index in [-0.39, 0.29) is 33.4 Å². The Morgan fingerprint density at radius 1 is 0.978 bits per heavy atom. The monoisotopic (exact) mass is 628 g/mol. The van der Waals surface area contributed by atoms with Crippen LogP contribution in [0.2, 0.25) is 0 Å². The van der Waals surface area contributed by atoms with Crippen molar-refractivity contribution in [1.29, 1.82) is 5.26 Å². The summed E-state index contributed by atoms with van der Waals surface area (Å²) in [6.07, 6.45) is 0.820. The molecule has 4 aromatic rings. The van der Waals surface area contributed by atoms with Gasteiger partial charge in [-0.3, -0.25) is 14.3 Å². The summed E-state index contributed by atoms with van der Waals surface area (Å²) in [4.78, 5) is 35.4. The van der Waals surface area contributed by atoms with Crippen LogP contribution in [0.4, 0.5) is 0 Å². The summed E-state index contributed by atoms with van der Waals surface area (Å²) in [5.74, 6) is 0.175. The molecule has 0 bridgehead atoms. The fourth-order valence-corrected chi connectivity index (χ4v) is 7.89. The third kappa shape index (κ3) is 5.63. The van der Waals surface area contributed by atoms with Crippen LogP contribution in [0.5, 0.6) is 5.75 Å². The molecule has 0 aliphatic carbocycles. The van der Waals surface area contributed by atoms with Crippen LogP contribution in [0.15, 0.2) is 82.5 Å². The van der Waals surface area contributed by atoms with Crippen molar-refractivity contribution in [3.8, 4) is 11.8 Å². The maximum absolute atomic E-state index is 14.5. The molecule has 45 heavy (non-hydrogen) atoms. The fraction of sp³-hybridized carbons (Fsp3) is 0.364. The molecule has 12 heteroatoms. The van der Waals surface area contributed by atoms with Crippen LogP contribution in [0.25, 0.3) is 11.0 Å². The average Bonchev–Trinajstić information content (AvgIpc) is 3.68. The van der Waals surface area contributed by atoms with Crippen molar-refractivity contribution in [3.05, 3.63) is 94.4 Å². The quantitative estimate of drug-likeness (QED) is 0.292. The first-order chi connectivity index (χ1) is 21.8. The Bertz CT molecular complexity index is 1910. The van der Waals surface area contributed by atoms with E-state index in [1.807, 2.05) is 6.07 Å². The Labute approximate surface area is 262 Å². The van der Waals surface area contributed by atoms with E-state index in [0.29, 0.717) is 24.4 Å². The van der Waals surface area contributed by atoms with E-state index in [0.717, 1.165) is 43.1 Å². The lowest BCUT2D eigenvalue weighted by molar-refractivity contribution is -0.132. The number of likely N-dealkylation sites (tertiary alicyclic amines) is 1. The molecule has 0 spiro atoms. The van der Waals surface area contributed by atoms with Crippen molar-refractivity contribution in [2.24, 2.45) is 0 Å². The van der Waals surface area contributed by atoms with Crippen molar-refractivity contribution >= 4 is 27.0 Å². The van der Waals surface area contributed by atoms with E-state index in [1.165, 1.54) is 54.1 Å². The Morgan fingerprint density at radius 3 is 2.33 bits per heavy atom. The number of nitriles is 1. The largest absolute Gasteiger partial charge is 0.497 e. The molecular weight excluding hydrogens is 592 g/mol. The second-order valence-electron chi connectivity index (χ2n) is 11.4. The van der Waals surface area contributed by atoms with Gasteiger partial charge in [0.2, 0.25) is 0 Å². The number of hydrogen-bond donors (Lipinski definition) is 0. The van der Waals surface area contributed by atoms with Gasteiger partial charge in [0, 0.05) is 45.3 Å². The lowest BCUT2D eigenvalue weighted by Crippen LogP contribution is -2.51. The topological polar surface area (TPSA) is 121 Å². The molecular formula is C33H36N6O5S. The Kier molecular flexibility index (Phi) is 8.50. The molecule has 234 valence electrons.